The van der Waals surface area contributed by atoms with Gasteiger partial charge < -0.3 is 0 Å². The van der Waals surface area contributed by atoms with Crippen LogP contribution in [-0.2, 0) is 17.1 Å². The second-order valence-corrected chi connectivity index (χ2v) is 7.99. The Morgan fingerprint density at radius 3 is 1.48 bits per heavy atom. The number of pyridine rings is 2. The first-order valence-electron chi connectivity index (χ1n) is 8.12. The number of rotatable bonds is 4. The van der Waals surface area contributed by atoms with Gasteiger partial charge in [-0.15, -0.1) is 0 Å². The minimum Gasteiger partial charge on any atom is -0.252 e. The van der Waals surface area contributed by atoms with Gasteiger partial charge in [-0.05, 0) is 24.6 Å². The topological polar surface area (TPSA) is 59.5 Å². The molecule has 0 atom stereocenters. The van der Waals surface area contributed by atoms with Crippen LogP contribution in [0.3, 0.4) is 0 Å². The number of thioether (sulfide) groups is 2. The third-order valence-electron chi connectivity index (χ3n) is 3.08. The standard InChI is InChI=1S/2C9H11N3S2.Fe/c2*1-12(9(13)14-2)11-7-8-5-3-4-6-10-8;/h2*3-7H,1-2H3;/q;;+2/p+2. The number of H-pyrrole nitrogens is 2. The van der Waals surface area contributed by atoms with Crippen LogP contribution in [-0.4, -0.2) is 57.7 Å². The normalized spacial score (nSPS) is 10.1. The molecule has 0 aliphatic rings. The summed E-state index contributed by atoms with van der Waals surface area (Å²) in [5, 5.41) is 11.7. The van der Waals surface area contributed by atoms with Gasteiger partial charge >= 0.3 is 17.1 Å². The van der Waals surface area contributed by atoms with E-state index in [9.17, 15) is 0 Å². The zero-order chi connectivity index (χ0) is 20.8. The van der Waals surface area contributed by atoms with Crippen molar-refractivity contribution in [3.05, 3.63) is 60.2 Å². The van der Waals surface area contributed by atoms with E-state index < -0.39 is 0 Å². The van der Waals surface area contributed by atoms with Crippen molar-refractivity contribution in [2.75, 3.05) is 26.6 Å². The second-order valence-electron chi connectivity index (χ2n) is 5.11. The predicted octanol–water partition coefficient (Wildman–Crippen LogP) is 2.83. The summed E-state index contributed by atoms with van der Waals surface area (Å²) >= 11 is 13.1. The van der Waals surface area contributed by atoms with Gasteiger partial charge in [-0.25, -0.2) is 9.97 Å². The average Bonchev–Trinajstić information content (AvgIpc) is 2.76. The smallest absolute Gasteiger partial charge is 0.252 e. The van der Waals surface area contributed by atoms with E-state index in [4.69, 9.17) is 24.4 Å². The molecule has 0 spiro atoms. The van der Waals surface area contributed by atoms with Gasteiger partial charge in [0.15, 0.2) is 21.0 Å². The summed E-state index contributed by atoms with van der Waals surface area (Å²) in [4.78, 5) is 6.11. The number of thiocarbonyl (C=S) groups is 2. The molecular weight excluding hydrogens is 484 g/mol. The molecule has 2 N–H and O–H groups in total. The Balaban J connectivity index is 0.000000523. The Morgan fingerprint density at radius 1 is 0.828 bits per heavy atom. The molecular formula is C18H24FeN6S4+4. The summed E-state index contributed by atoms with van der Waals surface area (Å²) in [7, 11) is 3.66. The number of aromatic amines is 2. The molecule has 2 rings (SSSR count). The van der Waals surface area contributed by atoms with Crippen molar-refractivity contribution in [2.45, 2.75) is 0 Å². The molecule has 0 saturated heterocycles. The first kappa shape index (κ1) is 27.6. The van der Waals surface area contributed by atoms with Crippen molar-refractivity contribution in [2.24, 2.45) is 10.2 Å². The fourth-order valence-corrected chi connectivity index (χ4v) is 2.35. The quantitative estimate of drug-likeness (QED) is 0.274. The van der Waals surface area contributed by atoms with Crippen molar-refractivity contribution in [3.63, 3.8) is 0 Å². The van der Waals surface area contributed by atoms with Crippen LogP contribution in [0.2, 0.25) is 0 Å². The molecule has 0 bridgehead atoms. The maximum Gasteiger partial charge on any atom is 2.00 e. The molecule has 0 saturated carbocycles. The van der Waals surface area contributed by atoms with Crippen molar-refractivity contribution in [1.82, 2.24) is 10.0 Å². The number of nitrogens with zero attached hydrogens (tertiary/aromatic N) is 4. The van der Waals surface area contributed by atoms with E-state index in [1.54, 1.807) is 22.4 Å². The van der Waals surface area contributed by atoms with Crippen molar-refractivity contribution >= 4 is 69.0 Å². The SMILES string of the molecule is CSC(=S)N(C)N=Cc1cccc[nH+]1.CSC(=S)N(C)N=Cc1cccc[nH+]1.[Fe+2]. The van der Waals surface area contributed by atoms with Gasteiger partial charge in [-0.1, -0.05) is 48.0 Å². The minimum atomic E-state index is 0. The maximum absolute atomic E-state index is 5.06. The van der Waals surface area contributed by atoms with Crippen LogP contribution in [0.25, 0.3) is 0 Å². The summed E-state index contributed by atoms with van der Waals surface area (Å²) in [6, 6.07) is 11.6. The van der Waals surface area contributed by atoms with Crippen LogP contribution in [0, 0.1) is 0 Å². The molecule has 11 heteroatoms. The van der Waals surface area contributed by atoms with Gasteiger partial charge in [0.2, 0.25) is 11.4 Å². The number of hydrogen-bond donors (Lipinski definition) is 0. The molecule has 29 heavy (non-hydrogen) atoms. The van der Waals surface area contributed by atoms with E-state index in [-0.39, 0.29) is 17.1 Å². The van der Waals surface area contributed by atoms with E-state index in [0.29, 0.717) is 0 Å². The van der Waals surface area contributed by atoms with E-state index in [1.165, 1.54) is 23.5 Å². The summed E-state index contributed by atoms with van der Waals surface area (Å²) in [5.74, 6) is 0. The number of nitrogens with one attached hydrogen (secondary N) is 2. The molecule has 2 aromatic rings. The van der Waals surface area contributed by atoms with Gasteiger partial charge in [0, 0.05) is 38.4 Å². The molecule has 2 heterocycles. The van der Waals surface area contributed by atoms with E-state index in [2.05, 4.69) is 20.2 Å². The second kappa shape index (κ2) is 16.4. The summed E-state index contributed by atoms with van der Waals surface area (Å²) in [6.45, 7) is 0. The Labute approximate surface area is 202 Å². The molecule has 0 unspecified atom stereocenters. The molecule has 0 aromatic carbocycles. The molecule has 154 valence electrons. The summed E-state index contributed by atoms with van der Waals surface area (Å²) in [5.41, 5.74) is 1.89. The van der Waals surface area contributed by atoms with Crippen LogP contribution in [0.5, 0.6) is 0 Å². The van der Waals surface area contributed by atoms with E-state index in [1.807, 2.05) is 75.4 Å². The fourth-order valence-electron chi connectivity index (χ4n) is 1.63. The third-order valence-corrected chi connectivity index (χ3v) is 5.84. The first-order valence-corrected chi connectivity index (χ1v) is 11.4. The molecule has 0 aliphatic carbocycles. The van der Waals surface area contributed by atoms with Gasteiger partial charge in [-0.3, -0.25) is 10.0 Å². The number of hydrogen-bond acceptors (Lipinski definition) is 6. The molecule has 0 aliphatic heterocycles. The zero-order valence-corrected chi connectivity index (χ0v) is 20.9. The number of hydrazone groups is 2. The summed E-state index contributed by atoms with van der Waals surface area (Å²) < 4.78 is 1.49. The minimum absolute atomic E-state index is 0. The first-order chi connectivity index (χ1) is 13.5. The largest absolute Gasteiger partial charge is 2.00 e. The Hall–Kier alpha value is -1.36. The van der Waals surface area contributed by atoms with Crippen molar-refractivity contribution in [1.29, 1.82) is 0 Å². The average molecular weight is 509 g/mol. The van der Waals surface area contributed by atoms with Crippen LogP contribution in [0.1, 0.15) is 11.4 Å². The van der Waals surface area contributed by atoms with Crippen LogP contribution in [0.4, 0.5) is 0 Å². The Bertz CT molecular complexity index is 722. The monoisotopic (exact) mass is 508 g/mol. The van der Waals surface area contributed by atoms with Crippen molar-refractivity contribution in [3.8, 4) is 0 Å². The van der Waals surface area contributed by atoms with Crippen LogP contribution >= 0.6 is 48.0 Å². The zero-order valence-electron chi connectivity index (χ0n) is 16.5. The third kappa shape index (κ3) is 12.0. The molecule has 0 fully saturated rings. The van der Waals surface area contributed by atoms with Crippen LogP contribution in [0.15, 0.2) is 59.0 Å². The van der Waals surface area contributed by atoms with Gasteiger partial charge in [0.1, 0.15) is 12.4 Å². The van der Waals surface area contributed by atoms with Gasteiger partial charge in [0.25, 0.3) is 0 Å². The van der Waals surface area contributed by atoms with Crippen LogP contribution < -0.4 is 9.97 Å². The molecule has 2 aromatic heterocycles. The molecule has 0 amide bonds. The Kier molecular flexibility index (Phi) is 15.7. The molecule has 6 nitrogen and oxygen atoms in total. The predicted molar refractivity (Wildman–Crippen MR) is 129 cm³/mol. The summed E-state index contributed by atoms with van der Waals surface area (Å²) in [6.07, 6.45) is 11.1. The number of aromatic nitrogens is 2. The van der Waals surface area contributed by atoms with Crippen molar-refractivity contribution < 1.29 is 27.0 Å². The van der Waals surface area contributed by atoms with Gasteiger partial charge in [0.05, 0.1) is 0 Å². The molecule has 0 radical (unpaired) electrons. The Morgan fingerprint density at radius 2 is 1.21 bits per heavy atom. The van der Waals surface area contributed by atoms with E-state index >= 15 is 0 Å². The van der Waals surface area contributed by atoms with Gasteiger partial charge in [-0.2, -0.15) is 10.2 Å². The van der Waals surface area contributed by atoms with E-state index in [0.717, 1.165) is 20.0 Å². The maximum atomic E-state index is 5.06. The fraction of sp³-hybridized carbons (Fsp3) is 0.222.